The van der Waals surface area contributed by atoms with E-state index in [4.69, 9.17) is 23.2 Å². The molecule has 0 radical (unpaired) electrons. The Morgan fingerprint density at radius 1 is 1.18 bits per heavy atom. The maximum Gasteiger partial charge on any atom is 0.174 e. The molecule has 1 aromatic rings. The van der Waals surface area contributed by atoms with Gasteiger partial charge in [-0.3, -0.25) is 0 Å². The predicted octanol–water partition coefficient (Wildman–Crippen LogP) is 3.88. The van der Waals surface area contributed by atoms with Gasteiger partial charge in [-0.25, -0.2) is 0 Å². The maximum absolute atomic E-state index is 5.95. The van der Waals surface area contributed by atoms with Crippen LogP contribution >= 0.6 is 23.2 Å². The molecule has 1 saturated carbocycles. The van der Waals surface area contributed by atoms with E-state index >= 15 is 0 Å². The first kappa shape index (κ1) is 12.9. The van der Waals surface area contributed by atoms with Crippen LogP contribution in [0.4, 0.5) is 5.69 Å². The monoisotopic (exact) mass is 273 g/mol. The van der Waals surface area contributed by atoms with Gasteiger partial charge in [0.25, 0.3) is 0 Å². The summed E-state index contributed by atoms with van der Waals surface area (Å²) in [6.07, 6.45) is 0. The fourth-order valence-corrected chi connectivity index (χ4v) is 2.84. The van der Waals surface area contributed by atoms with Crippen molar-refractivity contribution < 1.29 is 0 Å². The first-order valence-corrected chi connectivity index (χ1v) is 6.45. The Morgan fingerprint density at radius 3 is 2.29 bits per heavy atom. The second-order valence-corrected chi connectivity index (χ2v) is 6.49. The molecule has 0 bridgehead atoms. The van der Waals surface area contributed by atoms with E-state index < -0.39 is 0 Å². The zero-order valence-electron chi connectivity index (χ0n) is 10.5. The van der Waals surface area contributed by atoms with Crippen LogP contribution in [-0.2, 0) is 0 Å². The highest BCUT2D eigenvalue weighted by Crippen LogP contribution is 2.68. The molecule has 17 heavy (non-hydrogen) atoms. The predicted molar refractivity (Wildman–Crippen MR) is 71.6 cm³/mol. The van der Waals surface area contributed by atoms with Crippen LogP contribution in [0.3, 0.4) is 0 Å². The van der Waals surface area contributed by atoms with Crippen molar-refractivity contribution in [2.45, 2.75) is 27.7 Å². The third-order valence-electron chi connectivity index (χ3n) is 4.54. The Labute approximate surface area is 112 Å². The van der Waals surface area contributed by atoms with Crippen molar-refractivity contribution in [1.29, 1.82) is 0 Å². The molecule has 1 aromatic heterocycles. The molecule has 1 aliphatic rings. The summed E-state index contributed by atoms with van der Waals surface area (Å²) in [5.41, 5.74) is 1.47. The lowest BCUT2D eigenvalue weighted by Gasteiger charge is -2.08. The molecule has 5 heteroatoms. The lowest BCUT2D eigenvalue weighted by molar-refractivity contribution is 0.457. The lowest BCUT2D eigenvalue weighted by Crippen LogP contribution is -2.09. The average Bonchev–Trinajstić information content (AvgIpc) is 2.60. The van der Waals surface area contributed by atoms with Gasteiger partial charge in [0.05, 0.1) is 5.69 Å². The molecule has 1 heterocycles. The molecule has 94 valence electrons. The summed E-state index contributed by atoms with van der Waals surface area (Å²) >= 11 is 11.7. The van der Waals surface area contributed by atoms with E-state index in [0.29, 0.717) is 27.1 Å². The zero-order valence-corrected chi connectivity index (χ0v) is 12.0. The number of hydrogen-bond donors (Lipinski definition) is 1. The smallest absolute Gasteiger partial charge is 0.174 e. The third kappa shape index (κ3) is 2.11. The van der Waals surface area contributed by atoms with E-state index in [1.165, 1.54) is 0 Å². The number of halogens is 2. The number of nitrogens with zero attached hydrogens (tertiary/aromatic N) is 2. The highest BCUT2D eigenvalue weighted by atomic mass is 35.5. The second-order valence-electron chi connectivity index (χ2n) is 5.75. The van der Waals surface area contributed by atoms with Crippen LogP contribution in [-0.4, -0.2) is 16.7 Å². The van der Waals surface area contributed by atoms with Crippen molar-refractivity contribution in [3.63, 3.8) is 0 Å². The SMILES string of the molecule is CC1(C)C(CNc2cc(Cl)nnc2Cl)C1(C)C. The molecule has 1 fully saturated rings. The molecule has 0 atom stereocenters. The van der Waals surface area contributed by atoms with Crippen LogP contribution in [0.15, 0.2) is 6.07 Å². The zero-order chi connectivity index (χ0) is 12.8. The van der Waals surface area contributed by atoms with Gasteiger partial charge < -0.3 is 5.32 Å². The van der Waals surface area contributed by atoms with Crippen molar-refractivity contribution in [2.24, 2.45) is 16.7 Å². The molecule has 1 N–H and O–H groups in total. The molecule has 3 nitrogen and oxygen atoms in total. The topological polar surface area (TPSA) is 37.8 Å². The largest absolute Gasteiger partial charge is 0.382 e. The number of aromatic nitrogens is 2. The standard InChI is InChI=1S/C12H17Cl2N3/c1-11(2)8(12(11,3)4)6-15-7-5-9(13)16-17-10(7)14/h5,8H,6H2,1-4H3,(H,15,16). The van der Waals surface area contributed by atoms with E-state index in [1.807, 2.05) is 0 Å². The Hall–Kier alpha value is -0.540. The number of rotatable bonds is 3. The quantitative estimate of drug-likeness (QED) is 0.909. The molecular weight excluding hydrogens is 257 g/mol. The normalized spacial score (nSPS) is 21.3. The number of nitrogens with one attached hydrogen (secondary N) is 1. The summed E-state index contributed by atoms with van der Waals surface area (Å²) in [6.45, 7) is 10.0. The van der Waals surface area contributed by atoms with Crippen LogP contribution in [0.1, 0.15) is 27.7 Å². The van der Waals surface area contributed by atoms with E-state index in [1.54, 1.807) is 6.07 Å². The summed E-state index contributed by atoms with van der Waals surface area (Å²) < 4.78 is 0. The van der Waals surface area contributed by atoms with Gasteiger partial charge in [-0.15, -0.1) is 10.2 Å². The highest BCUT2D eigenvalue weighted by Gasteiger charge is 2.64. The third-order valence-corrected chi connectivity index (χ3v) is 5.00. The molecule has 0 aliphatic heterocycles. The van der Waals surface area contributed by atoms with Gasteiger partial charge in [-0.2, -0.15) is 0 Å². The van der Waals surface area contributed by atoms with Crippen LogP contribution in [0.2, 0.25) is 10.3 Å². The molecule has 2 rings (SSSR count). The summed E-state index contributed by atoms with van der Waals surface area (Å²) in [6, 6.07) is 1.71. The van der Waals surface area contributed by atoms with Gasteiger partial charge in [-0.05, 0) is 16.7 Å². The van der Waals surface area contributed by atoms with Crippen molar-refractivity contribution in [2.75, 3.05) is 11.9 Å². The van der Waals surface area contributed by atoms with Gasteiger partial charge in [-0.1, -0.05) is 50.9 Å². The summed E-state index contributed by atoms with van der Waals surface area (Å²) in [7, 11) is 0. The Bertz CT molecular complexity index is 429. The fourth-order valence-electron chi connectivity index (χ4n) is 2.53. The average molecular weight is 274 g/mol. The molecular formula is C12H17Cl2N3. The molecule has 0 amide bonds. The number of anilines is 1. The van der Waals surface area contributed by atoms with Crippen LogP contribution in [0.25, 0.3) is 0 Å². The highest BCUT2D eigenvalue weighted by molar-refractivity contribution is 6.33. The van der Waals surface area contributed by atoms with E-state index in [-0.39, 0.29) is 0 Å². The summed E-state index contributed by atoms with van der Waals surface area (Å²) in [5, 5.41) is 11.5. The number of hydrogen-bond acceptors (Lipinski definition) is 3. The molecule has 0 unspecified atom stereocenters. The molecule has 0 aromatic carbocycles. The second kappa shape index (κ2) is 3.99. The summed E-state index contributed by atoms with van der Waals surface area (Å²) in [5.74, 6) is 0.623. The van der Waals surface area contributed by atoms with Gasteiger partial charge in [0.15, 0.2) is 10.3 Å². The van der Waals surface area contributed by atoms with Crippen LogP contribution in [0.5, 0.6) is 0 Å². The van der Waals surface area contributed by atoms with Crippen molar-refractivity contribution in [1.82, 2.24) is 10.2 Å². The van der Waals surface area contributed by atoms with Crippen molar-refractivity contribution in [3.05, 3.63) is 16.4 Å². The van der Waals surface area contributed by atoms with Gasteiger partial charge in [0, 0.05) is 12.6 Å². The lowest BCUT2D eigenvalue weighted by atomic mass is 10.0. The fraction of sp³-hybridized carbons (Fsp3) is 0.667. The Morgan fingerprint density at radius 2 is 1.76 bits per heavy atom. The molecule has 0 spiro atoms. The van der Waals surface area contributed by atoms with E-state index in [9.17, 15) is 0 Å². The van der Waals surface area contributed by atoms with Gasteiger partial charge in [0.2, 0.25) is 0 Å². The Balaban J connectivity index is 2.03. The van der Waals surface area contributed by atoms with Crippen molar-refractivity contribution >= 4 is 28.9 Å². The first-order valence-electron chi connectivity index (χ1n) is 5.69. The van der Waals surface area contributed by atoms with Gasteiger partial charge in [0.1, 0.15) is 0 Å². The maximum atomic E-state index is 5.95. The van der Waals surface area contributed by atoms with Gasteiger partial charge >= 0.3 is 0 Å². The van der Waals surface area contributed by atoms with E-state index in [0.717, 1.165) is 12.2 Å². The summed E-state index contributed by atoms with van der Waals surface area (Å²) in [4.78, 5) is 0. The molecule has 0 saturated heterocycles. The molecule has 1 aliphatic carbocycles. The first-order chi connectivity index (χ1) is 7.76. The minimum absolute atomic E-state index is 0.353. The van der Waals surface area contributed by atoms with Crippen LogP contribution < -0.4 is 5.32 Å². The minimum Gasteiger partial charge on any atom is -0.382 e. The minimum atomic E-state index is 0.353. The van der Waals surface area contributed by atoms with Crippen LogP contribution in [0, 0.1) is 16.7 Å². The van der Waals surface area contributed by atoms with Crippen molar-refractivity contribution in [3.8, 4) is 0 Å². The Kier molecular flexibility index (Phi) is 3.03. The van der Waals surface area contributed by atoms with E-state index in [2.05, 4.69) is 43.2 Å².